The van der Waals surface area contributed by atoms with Gasteiger partial charge in [-0.05, 0) is 12.1 Å². The Balaban J connectivity index is 1.50. The van der Waals surface area contributed by atoms with Crippen molar-refractivity contribution in [1.29, 1.82) is 5.26 Å². The molecule has 0 unspecified atom stereocenters. The lowest BCUT2D eigenvalue weighted by atomic mass is 10.1. The maximum atomic E-state index is 14.7. The molecule has 0 aliphatic carbocycles. The fraction of sp³-hybridized carbons (Fsp3) is 0.222. The van der Waals surface area contributed by atoms with Crippen molar-refractivity contribution >= 4 is 11.8 Å². The minimum atomic E-state index is -2.12. The van der Waals surface area contributed by atoms with E-state index in [0.29, 0.717) is 5.69 Å². The van der Waals surface area contributed by atoms with Crippen LogP contribution in [0, 0.1) is 11.5 Å². The fourth-order valence-corrected chi connectivity index (χ4v) is 2.98. The normalized spacial score (nSPS) is 19.0. The molecule has 27 heavy (non-hydrogen) atoms. The number of nitriles is 1. The molecule has 8 nitrogen and oxygen atoms in total. The highest BCUT2D eigenvalue weighted by atomic mass is 19.1. The number of hydrogen-bond donors (Lipinski definition) is 1. The number of benzene rings is 1. The zero-order chi connectivity index (χ0) is 18.9. The molecule has 1 fully saturated rings. The molecular formula is C18H15FN6O2. The Kier molecular flexibility index (Phi) is 4.08. The summed E-state index contributed by atoms with van der Waals surface area (Å²) in [6, 6.07) is 9.06. The van der Waals surface area contributed by atoms with E-state index in [1.165, 1.54) is 11.0 Å². The molecule has 1 atom stereocenters. The number of alkyl halides is 1. The van der Waals surface area contributed by atoms with E-state index in [-0.39, 0.29) is 25.4 Å². The summed E-state index contributed by atoms with van der Waals surface area (Å²) >= 11 is 0. The fourth-order valence-electron chi connectivity index (χ4n) is 2.98. The van der Waals surface area contributed by atoms with Gasteiger partial charge in [0.2, 0.25) is 11.6 Å². The molecule has 3 heterocycles. The van der Waals surface area contributed by atoms with Crippen LogP contribution in [0.1, 0.15) is 6.42 Å². The number of imidazole rings is 1. The highest BCUT2D eigenvalue weighted by Gasteiger charge is 2.45. The molecule has 1 aromatic carbocycles. The summed E-state index contributed by atoms with van der Waals surface area (Å²) in [6.07, 6.45) is 6.99. The number of nitrogens with zero attached hydrogens (tertiary/aromatic N) is 5. The molecule has 0 saturated carbocycles. The van der Waals surface area contributed by atoms with Gasteiger partial charge in [-0.1, -0.05) is 17.3 Å². The third-order valence-corrected chi connectivity index (χ3v) is 4.46. The van der Waals surface area contributed by atoms with Crippen molar-refractivity contribution in [3.05, 3.63) is 49.1 Å². The first-order valence-electron chi connectivity index (χ1n) is 8.28. The predicted octanol–water partition coefficient (Wildman–Crippen LogP) is 2.36. The minimum Gasteiger partial charge on any atom is -0.338 e. The van der Waals surface area contributed by atoms with Crippen LogP contribution >= 0.6 is 0 Å². The highest BCUT2D eigenvalue weighted by Crippen LogP contribution is 2.28. The second-order valence-electron chi connectivity index (χ2n) is 6.29. The standard InChI is InChI=1S/C18H15FN6O2/c19-18(4-6-24(10-18)11-20)17(26)22-16-9-15(23-27-16)13-2-1-3-14(8-13)25-7-5-21-12-25/h1-3,5,7-9,12H,4,6,10H2,(H,22,26)/t18-/m1/s1. The first kappa shape index (κ1) is 16.8. The van der Waals surface area contributed by atoms with E-state index in [0.717, 1.165) is 11.3 Å². The van der Waals surface area contributed by atoms with Gasteiger partial charge < -0.3 is 14.0 Å². The van der Waals surface area contributed by atoms with Gasteiger partial charge >= 0.3 is 0 Å². The van der Waals surface area contributed by atoms with Gasteiger partial charge in [-0.25, -0.2) is 9.37 Å². The van der Waals surface area contributed by atoms with Crippen molar-refractivity contribution in [3.8, 4) is 23.1 Å². The number of aromatic nitrogens is 3. The Morgan fingerprint density at radius 2 is 2.30 bits per heavy atom. The number of carbonyl (C=O) groups excluding carboxylic acids is 1. The number of carbonyl (C=O) groups is 1. The first-order chi connectivity index (χ1) is 13.1. The zero-order valence-electron chi connectivity index (χ0n) is 14.2. The van der Waals surface area contributed by atoms with Crippen molar-refractivity contribution in [1.82, 2.24) is 19.6 Å². The van der Waals surface area contributed by atoms with Crippen LogP contribution in [0.2, 0.25) is 0 Å². The van der Waals surface area contributed by atoms with Gasteiger partial charge in [-0.3, -0.25) is 10.1 Å². The third-order valence-electron chi connectivity index (χ3n) is 4.46. The topological polar surface area (TPSA) is 100.0 Å². The Labute approximate surface area is 153 Å². The van der Waals surface area contributed by atoms with Crippen LogP contribution in [0.5, 0.6) is 0 Å². The number of rotatable bonds is 4. The number of anilines is 1. The summed E-state index contributed by atoms with van der Waals surface area (Å²) in [7, 11) is 0. The average Bonchev–Trinajstić information content (AvgIpc) is 3.43. The summed E-state index contributed by atoms with van der Waals surface area (Å²) in [5.74, 6) is -0.786. The van der Waals surface area contributed by atoms with E-state index in [2.05, 4.69) is 15.5 Å². The van der Waals surface area contributed by atoms with Crippen molar-refractivity contribution in [2.24, 2.45) is 0 Å². The summed E-state index contributed by atoms with van der Waals surface area (Å²) in [5, 5.41) is 15.2. The number of likely N-dealkylation sites (tertiary alicyclic amines) is 1. The molecule has 3 aromatic rings. The Bertz CT molecular complexity index is 1010. The van der Waals surface area contributed by atoms with Gasteiger partial charge in [0.1, 0.15) is 5.69 Å². The molecule has 2 aromatic heterocycles. The molecule has 1 aliphatic heterocycles. The van der Waals surface area contributed by atoms with E-state index in [1.54, 1.807) is 12.5 Å². The Morgan fingerprint density at radius 3 is 3.04 bits per heavy atom. The zero-order valence-corrected chi connectivity index (χ0v) is 14.2. The summed E-state index contributed by atoms with van der Waals surface area (Å²) < 4.78 is 21.7. The Hall–Kier alpha value is -3.67. The second kappa shape index (κ2) is 6.57. The van der Waals surface area contributed by atoms with Crippen LogP contribution in [-0.4, -0.2) is 44.3 Å². The third kappa shape index (κ3) is 3.25. The van der Waals surface area contributed by atoms with Gasteiger partial charge in [-0.15, -0.1) is 0 Å². The van der Waals surface area contributed by atoms with Gasteiger partial charge in [0.25, 0.3) is 5.91 Å². The average molecular weight is 366 g/mol. The van der Waals surface area contributed by atoms with Gasteiger partial charge in [0, 0.05) is 42.7 Å². The molecule has 0 spiro atoms. The number of halogens is 1. The predicted molar refractivity (Wildman–Crippen MR) is 93.3 cm³/mol. The molecule has 1 saturated heterocycles. The van der Waals surface area contributed by atoms with E-state index < -0.39 is 11.6 Å². The van der Waals surface area contributed by atoms with E-state index in [9.17, 15) is 9.18 Å². The van der Waals surface area contributed by atoms with E-state index in [1.807, 2.05) is 41.2 Å². The molecule has 0 bridgehead atoms. The van der Waals surface area contributed by atoms with Gasteiger partial charge in [0.05, 0.1) is 12.9 Å². The van der Waals surface area contributed by atoms with Crippen molar-refractivity contribution in [3.63, 3.8) is 0 Å². The van der Waals surface area contributed by atoms with E-state index >= 15 is 0 Å². The molecule has 1 aliphatic rings. The molecule has 136 valence electrons. The quantitative estimate of drug-likeness (QED) is 0.712. The van der Waals surface area contributed by atoms with Crippen LogP contribution in [0.4, 0.5) is 10.3 Å². The van der Waals surface area contributed by atoms with Crippen LogP contribution in [0.3, 0.4) is 0 Å². The largest absolute Gasteiger partial charge is 0.338 e. The number of nitrogens with one attached hydrogen (secondary N) is 1. The second-order valence-corrected chi connectivity index (χ2v) is 6.29. The molecule has 1 amide bonds. The Morgan fingerprint density at radius 1 is 1.41 bits per heavy atom. The van der Waals surface area contributed by atoms with Gasteiger partial charge in [-0.2, -0.15) is 5.26 Å². The van der Waals surface area contributed by atoms with Crippen LogP contribution < -0.4 is 5.32 Å². The molecule has 1 N–H and O–H groups in total. The lowest BCUT2D eigenvalue weighted by Crippen LogP contribution is -2.40. The van der Waals surface area contributed by atoms with Gasteiger partial charge in [0.15, 0.2) is 6.19 Å². The summed E-state index contributed by atoms with van der Waals surface area (Å²) in [6.45, 7) is -0.0492. The molecular weight excluding hydrogens is 351 g/mol. The van der Waals surface area contributed by atoms with Crippen LogP contribution in [0.15, 0.2) is 53.6 Å². The lowest BCUT2D eigenvalue weighted by molar-refractivity contribution is -0.126. The first-order valence-corrected chi connectivity index (χ1v) is 8.28. The molecule has 4 rings (SSSR count). The molecule has 9 heteroatoms. The SMILES string of the molecule is N#CN1CC[C@](F)(C(=O)Nc2cc(-c3cccc(-n4ccnc4)c3)no2)C1. The van der Waals surface area contributed by atoms with Crippen LogP contribution in [0.25, 0.3) is 16.9 Å². The minimum absolute atomic E-state index is 0.0413. The summed E-state index contributed by atoms with van der Waals surface area (Å²) in [4.78, 5) is 17.5. The van der Waals surface area contributed by atoms with Crippen LogP contribution in [-0.2, 0) is 4.79 Å². The van der Waals surface area contributed by atoms with E-state index in [4.69, 9.17) is 9.78 Å². The lowest BCUT2D eigenvalue weighted by Gasteiger charge is -2.16. The number of hydrogen-bond acceptors (Lipinski definition) is 6. The maximum Gasteiger partial charge on any atom is 0.266 e. The maximum absolute atomic E-state index is 14.7. The highest BCUT2D eigenvalue weighted by molar-refractivity contribution is 5.97. The van der Waals surface area contributed by atoms with Crippen molar-refractivity contribution < 1.29 is 13.7 Å². The molecule has 0 radical (unpaired) electrons. The monoisotopic (exact) mass is 366 g/mol. The van der Waals surface area contributed by atoms with Crippen molar-refractivity contribution in [2.75, 3.05) is 18.4 Å². The van der Waals surface area contributed by atoms with Crippen molar-refractivity contribution in [2.45, 2.75) is 12.1 Å². The smallest absolute Gasteiger partial charge is 0.266 e. The number of amides is 1. The summed E-state index contributed by atoms with van der Waals surface area (Å²) in [5.41, 5.74) is 0.0512.